The number of hydrogen-bond acceptors (Lipinski definition) is 6. The molecule has 0 aliphatic rings. The van der Waals surface area contributed by atoms with E-state index in [4.69, 9.17) is 0 Å². The van der Waals surface area contributed by atoms with Gasteiger partial charge in [-0.25, -0.2) is 0 Å². The molecule has 1 aromatic heterocycles. The molecule has 4 nitrogen and oxygen atoms in total. The van der Waals surface area contributed by atoms with Crippen LogP contribution in [0.1, 0.15) is 13.8 Å². The smallest absolute Gasteiger partial charge is 0.237 e. The number of aromatic nitrogens is 2. The number of rotatable bonds is 7. The highest BCUT2D eigenvalue weighted by Gasteiger charge is 2.18. The Morgan fingerprint density at radius 1 is 1.08 bits per heavy atom. The minimum absolute atomic E-state index is 0.0433. The SMILES string of the molecule is CCSc1nnc(S[C@H](C)C(=O)Nc2ccccc2-c2ccccc2)s1. The molecule has 0 radical (unpaired) electrons. The Kier molecular flexibility index (Phi) is 6.71. The highest BCUT2D eigenvalue weighted by Crippen LogP contribution is 2.32. The van der Waals surface area contributed by atoms with Crippen molar-refractivity contribution in [1.29, 1.82) is 0 Å². The van der Waals surface area contributed by atoms with E-state index < -0.39 is 0 Å². The van der Waals surface area contributed by atoms with Gasteiger partial charge < -0.3 is 5.32 Å². The first kappa shape index (κ1) is 18.9. The van der Waals surface area contributed by atoms with Crippen molar-refractivity contribution in [3.8, 4) is 11.1 Å². The summed E-state index contributed by atoms with van der Waals surface area (Å²) in [6, 6.07) is 17.9. The lowest BCUT2D eigenvalue weighted by Gasteiger charge is -2.14. The molecule has 134 valence electrons. The van der Waals surface area contributed by atoms with E-state index in [1.165, 1.54) is 23.1 Å². The second kappa shape index (κ2) is 9.21. The number of amides is 1. The van der Waals surface area contributed by atoms with Gasteiger partial charge in [0, 0.05) is 11.3 Å². The van der Waals surface area contributed by atoms with Crippen LogP contribution in [-0.2, 0) is 4.79 Å². The van der Waals surface area contributed by atoms with Gasteiger partial charge in [0.15, 0.2) is 8.68 Å². The van der Waals surface area contributed by atoms with Gasteiger partial charge in [-0.2, -0.15) is 0 Å². The van der Waals surface area contributed by atoms with E-state index in [2.05, 4.69) is 22.4 Å². The Labute approximate surface area is 165 Å². The normalized spacial score (nSPS) is 11.9. The fourth-order valence-corrected chi connectivity index (χ4v) is 5.39. The summed E-state index contributed by atoms with van der Waals surface area (Å²) < 4.78 is 1.76. The second-order valence-corrected chi connectivity index (χ2v) is 9.50. The first-order valence-electron chi connectivity index (χ1n) is 8.25. The van der Waals surface area contributed by atoms with Crippen molar-refractivity contribution in [2.45, 2.75) is 27.8 Å². The second-order valence-electron chi connectivity index (χ2n) is 5.43. The number of carbonyl (C=O) groups is 1. The molecular formula is C19H19N3OS3. The molecule has 1 amide bonds. The number of nitrogens with one attached hydrogen (secondary N) is 1. The predicted molar refractivity (Wildman–Crippen MR) is 112 cm³/mol. The van der Waals surface area contributed by atoms with Crippen LogP contribution in [0, 0.1) is 0 Å². The van der Waals surface area contributed by atoms with Crippen LogP contribution < -0.4 is 5.32 Å². The van der Waals surface area contributed by atoms with Gasteiger partial charge in [-0.1, -0.05) is 90.3 Å². The van der Waals surface area contributed by atoms with Gasteiger partial charge in [0.25, 0.3) is 0 Å². The molecule has 0 aliphatic heterocycles. The van der Waals surface area contributed by atoms with Crippen LogP contribution in [0.2, 0.25) is 0 Å². The minimum atomic E-state index is -0.258. The summed E-state index contributed by atoms with van der Waals surface area (Å²) in [5.74, 6) is 0.921. The Hall–Kier alpha value is -1.83. The van der Waals surface area contributed by atoms with Crippen molar-refractivity contribution < 1.29 is 4.79 Å². The van der Waals surface area contributed by atoms with Gasteiger partial charge in [-0.15, -0.1) is 10.2 Å². The third kappa shape index (κ3) is 4.87. The maximum Gasteiger partial charge on any atom is 0.237 e. The highest BCUT2D eigenvalue weighted by molar-refractivity contribution is 8.03. The quantitative estimate of drug-likeness (QED) is 0.535. The van der Waals surface area contributed by atoms with E-state index in [1.807, 2.05) is 61.5 Å². The van der Waals surface area contributed by atoms with Gasteiger partial charge in [0.1, 0.15) is 0 Å². The van der Waals surface area contributed by atoms with Crippen molar-refractivity contribution in [3.05, 3.63) is 54.6 Å². The molecule has 7 heteroatoms. The van der Waals surface area contributed by atoms with Crippen LogP contribution in [0.15, 0.2) is 63.3 Å². The molecule has 0 saturated carbocycles. The lowest BCUT2D eigenvalue weighted by atomic mass is 10.0. The molecule has 3 aromatic rings. The summed E-state index contributed by atoms with van der Waals surface area (Å²) in [6.45, 7) is 3.97. The molecule has 0 fully saturated rings. The maximum absolute atomic E-state index is 12.7. The average molecular weight is 402 g/mol. The van der Waals surface area contributed by atoms with Gasteiger partial charge >= 0.3 is 0 Å². The van der Waals surface area contributed by atoms with Crippen molar-refractivity contribution in [3.63, 3.8) is 0 Å². The molecule has 0 aliphatic carbocycles. The standard InChI is InChI=1S/C19H19N3OS3/c1-3-24-18-21-22-19(26-18)25-13(2)17(23)20-16-12-8-7-11-15(16)14-9-5-4-6-10-14/h4-13H,3H2,1-2H3,(H,20,23)/t13-/m1/s1. The van der Waals surface area contributed by atoms with E-state index in [0.29, 0.717) is 0 Å². The Balaban J connectivity index is 1.69. The molecule has 3 rings (SSSR count). The van der Waals surface area contributed by atoms with E-state index >= 15 is 0 Å². The van der Waals surface area contributed by atoms with Crippen molar-refractivity contribution in [1.82, 2.24) is 10.2 Å². The van der Waals surface area contributed by atoms with Crippen LogP contribution in [0.4, 0.5) is 5.69 Å². The van der Waals surface area contributed by atoms with Crippen LogP contribution in [0.25, 0.3) is 11.1 Å². The molecule has 1 atom stereocenters. The van der Waals surface area contributed by atoms with E-state index in [-0.39, 0.29) is 11.2 Å². The topological polar surface area (TPSA) is 54.9 Å². The highest BCUT2D eigenvalue weighted by atomic mass is 32.2. The molecule has 0 unspecified atom stereocenters. The van der Waals surface area contributed by atoms with Crippen LogP contribution in [-0.4, -0.2) is 27.1 Å². The van der Waals surface area contributed by atoms with E-state index in [1.54, 1.807) is 11.8 Å². The fourth-order valence-electron chi connectivity index (χ4n) is 2.33. The number of benzene rings is 2. The minimum Gasteiger partial charge on any atom is -0.325 e. The number of carbonyl (C=O) groups excluding carboxylic acids is 1. The summed E-state index contributed by atoms with van der Waals surface area (Å²) in [6.07, 6.45) is 0. The molecule has 26 heavy (non-hydrogen) atoms. The molecule has 1 N–H and O–H groups in total. The third-order valence-corrected chi connectivity index (χ3v) is 6.70. The fraction of sp³-hybridized carbons (Fsp3) is 0.211. The molecule has 0 saturated heterocycles. The largest absolute Gasteiger partial charge is 0.325 e. The van der Waals surface area contributed by atoms with Crippen LogP contribution in [0.5, 0.6) is 0 Å². The maximum atomic E-state index is 12.7. The van der Waals surface area contributed by atoms with E-state index in [9.17, 15) is 4.79 Å². The van der Waals surface area contributed by atoms with Gasteiger partial charge in [0.05, 0.1) is 5.25 Å². The number of para-hydroxylation sites is 1. The first-order chi connectivity index (χ1) is 12.7. The molecule has 0 bridgehead atoms. The van der Waals surface area contributed by atoms with Gasteiger partial charge in [0.2, 0.25) is 5.91 Å². The summed E-state index contributed by atoms with van der Waals surface area (Å²) >= 11 is 4.64. The summed E-state index contributed by atoms with van der Waals surface area (Å²) in [5.41, 5.74) is 2.90. The first-order valence-corrected chi connectivity index (χ1v) is 10.9. The van der Waals surface area contributed by atoms with Crippen LogP contribution in [0.3, 0.4) is 0 Å². The molecular weight excluding hydrogens is 382 g/mol. The Morgan fingerprint density at radius 3 is 2.54 bits per heavy atom. The number of hydrogen-bond donors (Lipinski definition) is 1. The van der Waals surface area contributed by atoms with E-state index in [0.717, 1.165) is 31.2 Å². The summed E-state index contributed by atoms with van der Waals surface area (Å²) in [4.78, 5) is 12.7. The third-order valence-electron chi connectivity index (χ3n) is 3.57. The number of nitrogens with zero attached hydrogens (tertiary/aromatic N) is 2. The molecule has 2 aromatic carbocycles. The molecule has 1 heterocycles. The zero-order valence-electron chi connectivity index (χ0n) is 14.5. The van der Waals surface area contributed by atoms with Crippen molar-refractivity contribution >= 4 is 46.5 Å². The summed E-state index contributed by atoms with van der Waals surface area (Å²) in [5, 5.41) is 11.1. The monoisotopic (exact) mass is 401 g/mol. The predicted octanol–water partition coefficient (Wildman–Crippen LogP) is 5.44. The lowest BCUT2D eigenvalue weighted by molar-refractivity contribution is -0.115. The zero-order valence-corrected chi connectivity index (χ0v) is 17.0. The molecule has 0 spiro atoms. The average Bonchev–Trinajstić information content (AvgIpc) is 3.10. The van der Waals surface area contributed by atoms with Crippen molar-refractivity contribution in [2.75, 3.05) is 11.1 Å². The van der Waals surface area contributed by atoms with Crippen LogP contribution >= 0.6 is 34.9 Å². The van der Waals surface area contributed by atoms with Gasteiger partial charge in [-0.3, -0.25) is 4.79 Å². The Morgan fingerprint density at radius 2 is 1.77 bits per heavy atom. The number of anilines is 1. The summed E-state index contributed by atoms with van der Waals surface area (Å²) in [7, 11) is 0. The van der Waals surface area contributed by atoms with Crippen molar-refractivity contribution in [2.24, 2.45) is 0 Å². The zero-order chi connectivity index (χ0) is 18.4. The number of thioether (sulfide) groups is 2. The lowest BCUT2D eigenvalue weighted by Crippen LogP contribution is -2.22. The van der Waals surface area contributed by atoms with Gasteiger partial charge in [-0.05, 0) is 24.3 Å². The Bertz CT molecular complexity index is 867.